The maximum atomic E-state index is 14.2. The van der Waals surface area contributed by atoms with Gasteiger partial charge in [0.25, 0.3) is 5.56 Å². The molecular weight excluding hydrogens is 560 g/mol. The Morgan fingerprint density at radius 2 is 1.72 bits per heavy atom. The first kappa shape index (κ1) is 28.1. The zero-order valence-corrected chi connectivity index (χ0v) is 25.1. The molecule has 0 radical (unpaired) electrons. The lowest BCUT2D eigenvalue weighted by atomic mass is 9.96. The molecule has 0 fully saturated rings. The van der Waals surface area contributed by atoms with Gasteiger partial charge in [-0.05, 0) is 56.7 Å². The molecule has 0 saturated carbocycles. The van der Waals surface area contributed by atoms with Gasteiger partial charge in [0.05, 0.1) is 46.9 Å². The van der Waals surface area contributed by atoms with Gasteiger partial charge in [-0.1, -0.05) is 71.5 Å². The molecule has 1 unspecified atom stereocenters. The van der Waals surface area contributed by atoms with Crippen molar-refractivity contribution >= 4 is 23.4 Å². The zero-order valence-electron chi connectivity index (χ0n) is 24.3. The van der Waals surface area contributed by atoms with Gasteiger partial charge in [-0.3, -0.25) is 9.36 Å². The molecule has 1 atom stereocenters. The van der Waals surface area contributed by atoms with Gasteiger partial charge in [-0.15, -0.1) is 0 Å². The first-order valence-electron chi connectivity index (χ1n) is 13.9. The lowest BCUT2D eigenvalue weighted by Crippen LogP contribution is -2.39. The minimum Gasteiger partial charge on any atom is -0.497 e. The summed E-state index contributed by atoms with van der Waals surface area (Å²) in [5, 5.41) is 4.91. The Kier molecular flexibility index (Phi) is 7.65. The molecule has 2 aromatic heterocycles. The second-order valence-corrected chi connectivity index (χ2v) is 11.2. The molecule has 0 aliphatic carbocycles. The molecule has 1 aliphatic heterocycles. The summed E-state index contributed by atoms with van der Waals surface area (Å²) in [7, 11) is 1.59. The predicted octanol–water partition coefficient (Wildman–Crippen LogP) is 4.97. The van der Waals surface area contributed by atoms with Crippen LogP contribution in [0, 0.1) is 6.92 Å². The number of carbonyl (C=O) groups excluding carboxylic acids is 1. The summed E-state index contributed by atoms with van der Waals surface area (Å²) in [4.78, 5) is 32.6. The van der Waals surface area contributed by atoms with E-state index >= 15 is 0 Å². The van der Waals surface area contributed by atoms with Crippen molar-refractivity contribution in [2.75, 3.05) is 13.7 Å². The topological polar surface area (TPSA) is 87.7 Å². The van der Waals surface area contributed by atoms with Crippen LogP contribution in [0.1, 0.15) is 36.6 Å². The van der Waals surface area contributed by atoms with E-state index in [4.69, 9.17) is 19.6 Å². The van der Waals surface area contributed by atoms with Crippen LogP contribution in [0.15, 0.2) is 106 Å². The molecule has 9 heteroatoms. The number of para-hydroxylation sites is 1. The highest BCUT2D eigenvalue weighted by Gasteiger charge is 2.33. The fourth-order valence-corrected chi connectivity index (χ4v) is 6.21. The number of benzene rings is 3. The minimum absolute atomic E-state index is 0.211. The number of methoxy groups -OCH3 is 1. The van der Waals surface area contributed by atoms with Gasteiger partial charge in [0.1, 0.15) is 5.75 Å². The molecule has 3 aromatic carbocycles. The van der Waals surface area contributed by atoms with E-state index < -0.39 is 12.0 Å². The van der Waals surface area contributed by atoms with Gasteiger partial charge in [-0.2, -0.15) is 5.10 Å². The molecular formula is C34H30N4O4S. The van der Waals surface area contributed by atoms with E-state index in [0.29, 0.717) is 26.4 Å². The molecule has 216 valence electrons. The quantitative estimate of drug-likeness (QED) is 0.250. The summed E-state index contributed by atoms with van der Waals surface area (Å²) >= 11 is 1.29. The number of hydrogen-bond acceptors (Lipinski definition) is 7. The number of ether oxygens (including phenoxy) is 2. The van der Waals surface area contributed by atoms with Crippen molar-refractivity contribution in [1.29, 1.82) is 0 Å². The molecule has 5 aromatic rings. The van der Waals surface area contributed by atoms with Crippen LogP contribution in [0.3, 0.4) is 0 Å². The summed E-state index contributed by atoms with van der Waals surface area (Å²) in [6.45, 7) is 5.79. The predicted molar refractivity (Wildman–Crippen MR) is 167 cm³/mol. The summed E-state index contributed by atoms with van der Waals surface area (Å²) < 4.78 is 14.6. The average Bonchev–Trinajstić information content (AvgIpc) is 3.58. The lowest BCUT2D eigenvalue weighted by Gasteiger charge is -2.24. The average molecular weight is 591 g/mol. The van der Waals surface area contributed by atoms with Crippen molar-refractivity contribution in [3.05, 3.63) is 133 Å². The van der Waals surface area contributed by atoms with Crippen molar-refractivity contribution in [2.45, 2.75) is 26.8 Å². The second-order valence-electron chi connectivity index (χ2n) is 10.2. The van der Waals surface area contributed by atoms with Gasteiger partial charge in [0.2, 0.25) is 0 Å². The zero-order chi connectivity index (χ0) is 30.1. The monoisotopic (exact) mass is 590 g/mol. The Hall–Kier alpha value is -5.02. The van der Waals surface area contributed by atoms with Gasteiger partial charge in [0, 0.05) is 17.3 Å². The smallest absolute Gasteiger partial charge is 0.338 e. The normalized spacial score (nSPS) is 14.8. The third-order valence-electron chi connectivity index (χ3n) is 7.32. The minimum atomic E-state index is -0.702. The number of aromatic nitrogens is 3. The highest BCUT2D eigenvalue weighted by atomic mass is 32.1. The van der Waals surface area contributed by atoms with Crippen molar-refractivity contribution in [3.8, 4) is 22.7 Å². The van der Waals surface area contributed by atoms with E-state index in [1.807, 2.05) is 103 Å². The van der Waals surface area contributed by atoms with E-state index in [1.165, 1.54) is 11.3 Å². The Labute approximate surface area is 252 Å². The summed E-state index contributed by atoms with van der Waals surface area (Å²) in [6.07, 6.45) is 3.79. The number of carbonyl (C=O) groups is 1. The first-order chi connectivity index (χ1) is 20.9. The molecule has 0 saturated heterocycles. The lowest BCUT2D eigenvalue weighted by molar-refractivity contribution is -0.139. The molecule has 0 bridgehead atoms. The molecule has 43 heavy (non-hydrogen) atoms. The second kappa shape index (κ2) is 11.7. The largest absolute Gasteiger partial charge is 0.497 e. The van der Waals surface area contributed by atoms with Crippen LogP contribution in [-0.2, 0) is 9.53 Å². The van der Waals surface area contributed by atoms with E-state index in [9.17, 15) is 9.59 Å². The number of nitrogens with zero attached hydrogens (tertiary/aromatic N) is 4. The van der Waals surface area contributed by atoms with E-state index in [-0.39, 0.29) is 12.2 Å². The summed E-state index contributed by atoms with van der Waals surface area (Å²) in [6, 6.07) is 24.7. The molecule has 6 rings (SSSR count). The number of thiazole rings is 1. The van der Waals surface area contributed by atoms with Crippen molar-refractivity contribution in [1.82, 2.24) is 14.3 Å². The fourth-order valence-electron chi connectivity index (χ4n) is 5.18. The highest BCUT2D eigenvalue weighted by molar-refractivity contribution is 7.07. The van der Waals surface area contributed by atoms with Crippen molar-refractivity contribution in [3.63, 3.8) is 0 Å². The maximum Gasteiger partial charge on any atom is 0.338 e. The Bertz CT molecular complexity index is 2020. The Balaban J connectivity index is 1.55. The van der Waals surface area contributed by atoms with Gasteiger partial charge in [0.15, 0.2) is 4.80 Å². The Morgan fingerprint density at radius 3 is 2.40 bits per heavy atom. The third-order valence-corrected chi connectivity index (χ3v) is 8.31. The number of esters is 1. The van der Waals surface area contributed by atoms with Gasteiger partial charge in [-0.25, -0.2) is 14.5 Å². The number of rotatable bonds is 7. The molecule has 0 N–H and O–H groups in total. The summed E-state index contributed by atoms with van der Waals surface area (Å²) in [5.74, 6) is 0.179. The molecule has 8 nitrogen and oxygen atoms in total. The van der Waals surface area contributed by atoms with Crippen molar-refractivity contribution in [2.24, 2.45) is 4.99 Å². The van der Waals surface area contributed by atoms with E-state index in [0.717, 1.165) is 33.6 Å². The molecule has 0 amide bonds. The van der Waals surface area contributed by atoms with Crippen LogP contribution >= 0.6 is 11.3 Å². The maximum absolute atomic E-state index is 14.2. The van der Waals surface area contributed by atoms with E-state index in [2.05, 4.69) is 0 Å². The van der Waals surface area contributed by atoms with Crippen LogP contribution < -0.4 is 19.6 Å². The van der Waals surface area contributed by atoms with Crippen LogP contribution in [0.2, 0.25) is 0 Å². The molecule has 3 heterocycles. The number of fused-ring (bicyclic) bond motifs is 1. The molecule has 1 aliphatic rings. The number of allylic oxidation sites excluding steroid dienone is 1. The van der Waals surface area contributed by atoms with Crippen LogP contribution in [-0.4, -0.2) is 34.0 Å². The third kappa shape index (κ3) is 5.35. The van der Waals surface area contributed by atoms with Gasteiger partial charge >= 0.3 is 5.97 Å². The Morgan fingerprint density at radius 1 is 1.00 bits per heavy atom. The fraction of sp³-hybridized carbons (Fsp3) is 0.176. The molecule has 0 spiro atoms. The number of aryl methyl sites for hydroxylation is 1. The SMILES string of the molecule is CCOC(=O)C1=C(C)N=c2s/c(=C/c3cn(-c4ccccc4)nc3-c3ccc(C)cc3)c(=O)n2C1c1ccc(OC)cc1. The first-order valence-corrected chi connectivity index (χ1v) is 14.8. The van der Waals surface area contributed by atoms with E-state index in [1.54, 1.807) is 25.5 Å². The number of hydrogen-bond donors (Lipinski definition) is 0. The van der Waals surface area contributed by atoms with Gasteiger partial charge < -0.3 is 9.47 Å². The standard InChI is InChI=1S/C34H30N4O4S/c1-5-42-33(40)29-22(3)35-34-38(31(29)24-15-17-27(41-4)18-16-24)32(39)28(43-34)19-25-20-37(26-9-7-6-8-10-26)36-30(25)23-13-11-21(2)12-14-23/h6-20,31H,5H2,1-4H3/b28-19+. The summed E-state index contributed by atoms with van der Waals surface area (Å²) in [5.41, 5.74) is 5.90. The van der Waals surface area contributed by atoms with Crippen LogP contribution in [0.5, 0.6) is 5.75 Å². The highest BCUT2D eigenvalue weighted by Crippen LogP contribution is 2.32. The van der Waals surface area contributed by atoms with Crippen LogP contribution in [0.4, 0.5) is 0 Å². The van der Waals surface area contributed by atoms with Crippen molar-refractivity contribution < 1.29 is 14.3 Å². The van der Waals surface area contributed by atoms with Crippen LogP contribution in [0.25, 0.3) is 23.0 Å².